The van der Waals surface area contributed by atoms with Gasteiger partial charge in [-0.05, 0) is 0 Å². The molecule has 1 amide bonds. The van der Waals surface area contributed by atoms with Crippen molar-refractivity contribution in [1.29, 1.82) is 0 Å². The third kappa shape index (κ3) is 4.94. The van der Waals surface area contributed by atoms with Crippen LogP contribution in [-0.4, -0.2) is 24.0 Å². The van der Waals surface area contributed by atoms with Crippen molar-refractivity contribution in [2.75, 3.05) is 6.54 Å². The van der Waals surface area contributed by atoms with Gasteiger partial charge in [-0.1, -0.05) is 0 Å². The van der Waals surface area contributed by atoms with Crippen LogP contribution in [0.3, 0.4) is 0 Å². The Balaban J connectivity index is 3.18. The Kier molecular flexibility index (Phi) is 1.84. The van der Waals surface area contributed by atoms with Crippen molar-refractivity contribution < 1.29 is 16.1 Å². The van der Waals surface area contributed by atoms with Crippen LogP contribution in [0.1, 0.15) is 1.37 Å². The highest BCUT2D eigenvalue weighted by molar-refractivity contribution is 5.71. The van der Waals surface area contributed by atoms with Crippen LogP contribution in [0.2, 0.25) is 0 Å². The fourth-order valence-corrected chi connectivity index (χ4v) is 0.112. The number of carbonyl (C=O) groups excluding carboxylic acids is 1. The van der Waals surface area contributed by atoms with Gasteiger partial charge in [-0.3, -0.25) is 9.59 Å². The molecular weight excluding hydrogens is 98.0 g/mol. The average Bonchev–Trinajstić information content (AvgIpc) is 1.61. The number of carboxylic acids is 1. The molecule has 0 aliphatic rings. The molecule has 0 saturated carbocycles. The van der Waals surface area contributed by atoms with Gasteiger partial charge in [-0.15, -0.1) is 0 Å². The maximum atomic E-state index is 9.64. The summed E-state index contributed by atoms with van der Waals surface area (Å²) in [6.45, 7) is -0.484. The van der Waals surface area contributed by atoms with Crippen molar-refractivity contribution in [3.63, 3.8) is 0 Å². The van der Waals surface area contributed by atoms with Crippen LogP contribution < -0.4 is 5.32 Å². The van der Waals surface area contributed by atoms with E-state index < -0.39 is 18.9 Å². The molecular formula is C3H5NO3. The van der Waals surface area contributed by atoms with Crippen LogP contribution in [0.25, 0.3) is 0 Å². The van der Waals surface area contributed by atoms with Gasteiger partial charge in [0.2, 0.25) is 6.39 Å². The van der Waals surface area contributed by atoms with E-state index in [0.29, 0.717) is 0 Å². The van der Waals surface area contributed by atoms with Crippen LogP contribution in [0.4, 0.5) is 0 Å². The molecule has 0 heterocycles. The summed E-state index contributed by atoms with van der Waals surface area (Å²) in [6.07, 6.45) is -1.08. The second kappa shape index (κ2) is 3.14. The number of hydrogen-bond donors (Lipinski definition) is 2. The Labute approximate surface area is 41.5 Å². The number of aliphatic carboxylic acids is 1. The summed E-state index contributed by atoms with van der Waals surface area (Å²) in [4.78, 5) is 19.2. The predicted molar refractivity (Wildman–Crippen MR) is 21.7 cm³/mol. The van der Waals surface area contributed by atoms with Crippen molar-refractivity contribution >= 4 is 12.4 Å². The van der Waals surface area contributed by atoms with Gasteiger partial charge in [0.25, 0.3) is 0 Å². The molecule has 4 nitrogen and oxygen atoms in total. The second-order valence-corrected chi connectivity index (χ2v) is 0.849. The molecule has 0 radical (unpaired) electrons. The molecule has 0 rings (SSSR count). The highest BCUT2D eigenvalue weighted by Gasteiger charge is 1.88. The van der Waals surface area contributed by atoms with E-state index in [9.17, 15) is 9.59 Å². The van der Waals surface area contributed by atoms with Crippen LogP contribution in [0.15, 0.2) is 0 Å². The first-order valence-corrected chi connectivity index (χ1v) is 1.59. The number of carbonyl (C=O) groups is 2. The maximum Gasteiger partial charge on any atom is 0.322 e. The summed E-state index contributed by atoms with van der Waals surface area (Å²) in [6, 6.07) is 0. The molecule has 0 unspecified atom stereocenters. The van der Waals surface area contributed by atoms with Crippen molar-refractivity contribution in [1.82, 2.24) is 5.32 Å². The van der Waals surface area contributed by atoms with Gasteiger partial charge < -0.3 is 10.4 Å². The molecule has 0 aromatic rings. The summed E-state index contributed by atoms with van der Waals surface area (Å²) in [5.41, 5.74) is 0. The lowest BCUT2D eigenvalue weighted by molar-refractivity contribution is -0.136. The lowest BCUT2D eigenvalue weighted by atomic mass is 10.7. The first-order chi connectivity index (χ1) is 3.63. The zero-order valence-electron chi connectivity index (χ0n) is 4.47. The molecule has 0 aliphatic heterocycles. The first-order valence-electron chi connectivity index (χ1n) is 2.09. The Morgan fingerprint density at radius 2 is 2.71 bits per heavy atom. The maximum absolute atomic E-state index is 9.64. The van der Waals surface area contributed by atoms with Crippen LogP contribution in [0, 0.1) is 0 Å². The van der Waals surface area contributed by atoms with Crippen molar-refractivity contribution in [3.8, 4) is 0 Å². The quantitative estimate of drug-likeness (QED) is 0.433. The summed E-state index contributed by atoms with van der Waals surface area (Å²) in [7, 11) is 0. The molecule has 7 heavy (non-hydrogen) atoms. The second-order valence-electron chi connectivity index (χ2n) is 0.849. The van der Waals surface area contributed by atoms with Crippen LogP contribution in [-0.2, 0) is 9.59 Å². The standard InChI is InChI=1S/C3H5NO3/c5-2-4-1-3(6)7/h2H,1H2,(H,4,5)(H,6,7)/i2D. The van der Waals surface area contributed by atoms with E-state index in [1.807, 2.05) is 0 Å². The molecule has 2 N–H and O–H groups in total. The number of nitrogens with one attached hydrogen (secondary N) is 1. The minimum atomic E-state index is -1.15. The molecule has 0 fully saturated rings. The topological polar surface area (TPSA) is 66.4 Å². The fraction of sp³-hybridized carbons (Fsp3) is 0.333. The van der Waals surface area contributed by atoms with E-state index in [0.717, 1.165) is 0 Å². The number of hydrogen-bond acceptors (Lipinski definition) is 2. The Bertz CT molecular complexity index is 99.1. The highest BCUT2D eigenvalue weighted by atomic mass is 16.4. The van der Waals surface area contributed by atoms with Gasteiger partial charge in [0.05, 0.1) is 0 Å². The predicted octanol–water partition coefficient (Wildman–Crippen LogP) is -1.18. The van der Waals surface area contributed by atoms with Gasteiger partial charge in [0, 0.05) is 0 Å². The Morgan fingerprint density at radius 3 is 2.86 bits per heavy atom. The molecule has 4 heteroatoms. The van der Waals surface area contributed by atoms with E-state index in [1.165, 1.54) is 0 Å². The number of amides is 1. The minimum Gasteiger partial charge on any atom is -0.480 e. The van der Waals surface area contributed by atoms with Crippen LogP contribution in [0.5, 0.6) is 0 Å². The third-order valence-electron chi connectivity index (χ3n) is 0.312. The third-order valence-corrected chi connectivity index (χ3v) is 0.312. The largest absolute Gasteiger partial charge is 0.480 e. The van der Waals surface area contributed by atoms with E-state index in [2.05, 4.69) is 0 Å². The molecule has 0 aromatic heterocycles. The zero-order chi connectivity index (χ0) is 6.57. The smallest absolute Gasteiger partial charge is 0.322 e. The van der Waals surface area contributed by atoms with Gasteiger partial charge >= 0.3 is 5.97 Å². The van der Waals surface area contributed by atoms with Crippen molar-refractivity contribution in [3.05, 3.63) is 0 Å². The van der Waals surface area contributed by atoms with Gasteiger partial charge in [-0.25, -0.2) is 0 Å². The molecule has 0 atom stereocenters. The fourth-order valence-electron chi connectivity index (χ4n) is 0.112. The summed E-state index contributed by atoms with van der Waals surface area (Å²) in [5, 5.41) is 9.64. The Morgan fingerprint density at radius 1 is 2.14 bits per heavy atom. The molecule has 0 aliphatic carbocycles. The zero-order valence-corrected chi connectivity index (χ0v) is 3.47. The Hall–Kier alpha value is -1.06. The van der Waals surface area contributed by atoms with Crippen LogP contribution >= 0.6 is 0 Å². The molecule has 0 spiro atoms. The average molecular weight is 104 g/mol. The summed E-state index contributed by atoms with van der Waals surface area (Å²) >= 11 is 0. The van der Waals surface area contributed by atoms with Gasteiger partial charge in [-0.2, -0.15) is 0 Å². The first kappa shape index (κ1) is 4.11. The van der Waals surface area contributed by atoms with E-state index in [-0.39, 0.29) is 0 Å². The van der Waals surface area contributed by atoms with Gasteiger partial charge in [0.1, 0.15) is 7.92 Å². The highest BCUT2D eigenvalue weighted by Crippen LogP contribution is 1.51. The normalized spacial score (nSPS) is 9.43. The number of carboxylic acid groups (broad SMARTS) is 1. The minimum absolute atomic E-state index is 0.484. The SMILES string of the molecule is [2H]C(=O)NCC(=O)O. The lowest BCUT2D eigenvalue weighted by Crippen LogP contribution is -2.20. The molecule has 0 aromatic carbocycles. The number of rotatable bonds is 2. The lowest BCUT2D eigenvalue weighted by Gasteiger charge is -1.85. The van der Waals surface area contributed by atoms with E-state index >= 15 is 0 Å². The van der Waals surface area contributed by atoms with E-state index in [1.54, 1.807) is 5.32 Å². The summed E-state index contributed by atoms with van der Waals surface area (Å²) < 4.78 is 6.16. The van der Waals surface area contributed by atoms with Gasteiger partial charge in [0.15, 0.2) is 0 Å². The van der Waals surface area contributed by atoms with E-state index in [4.69, 9.17) is 6.48 Å². The summed E-state index contributed by atoms with van der Waals surface area (Å²) in [5.74, 6) is -1.15. The molecule has 0 saturated heterocycles. The monoisotopic (exact) mass is 104 g/mol. The van der Waals surface area contributed by atoms with Crippen molar-refractivity contribution in [2.45, 2.75) is 0 Å². The van der Waals surface area contributed by atoms with Crippen molar-refractivity contribution in [2.24, 2.45) is 0 Å². The molecule has 0 bridgehead atoms. The molecule has 40 valence electrons.